The molecule has 0 radical (unpaired) electrons. The number of para-hydroxylation sites is 1. The number of carbonyl (C=O) groups excluding carboxylic acids is 3. The summed E-state index contributed by atoms with van der Waals surface area (Å²) in [5, 5.41) is 0. The number of hydrogen-bond donors (Lipinski definition) is 0. The van der Waals surface area contributed by atoms with Crippen LogP contribution in [0.1, 0.15) is 64.4 Å². The van der Waals surface area contributed by atoms with E-state index < -0.39 is 36.5 Å². The fourth-order valence-electron chi connectivity index (χ4n) is 3.92. The highest BCUT2D eigenvalue weighted by atomic mass is 16.7. The first-order valence-electron chi connectivity index (χ1n) is 12.5. The number of benzene rings is 1. The van der Waals surface area contributed by atoms with E-state index in [0.717, 1.165) is 12.8 Å². The molecule has 0 aliphatic carbocycles. The minimum Gasteiger partial charge on any atom is -0.493 e. The number of hydrogen-bond acceptors (Lipinski definition) is 9. The number of carbonyl (C=O) groups is 3. The van der Waals surface area contributed by atoms with Crippen LogP contribution in [0.4, 0.5) is 0 Å². The van der Waals surface area contributed by atoms with Crippen LogP contribution in [-0.4, -0.2) is 48.8 Å². The van der Waals surface area contributed by atoms with Crippen LogP contribution in [0.15, 0.2) is 42.6 Å². The summed E-state index contributed by atoms with van der Waals surface area (Å²) >= 11 is 0. The monoisotopic (exact) mass is 515 g/mol. The fraction of sp³-hybridized carbons (Fsp3) is 0.500. The van der Waals surface area contributed by atoms with Crippen molar-refractivity contribution in [2.45, 2.75) is 66.1 Å². The molecule has 0 saturated heterocycles. The highest BCUT2D eigenvalue weighted by Gasteiger charge is 2.33. The second kappa shape index (κ2) is 14.8. The highest BCUT2D eigenvalue weighted by molar-refractivity contribution is 5.99. The van der Waals surface area contributed by atoms with Crippen molar-refractivity contribution in [3.05, 3.63) is 48.3 Å². The summed E-state index contributed by atoms with van der Waals surface area (Å²) in [6, 6.07) is 10.9. The van der Waals surface area contributed by atoms with Crippen molar-refractivity contribution in [3.63, 3.8) is 0 Å². The van der Waals surface area contributed by atoms with Crippen molar-refractivity contribution in [1.29, 1.82) is 0 Å². The van der Waals surface area contributed by atoms with Crippen molar-refractivity contribution < 1.29 is 38.1 Å². The van der Waals surface area contributed by atoms with Gasteiger partial charge in [-0.1, -0.05) is 39.0 Å². The molecule has 1 heterocycles. The zero-order chi connectivity index (χ0) is 27.4. The smallest absolute Gasteiger partial charge is 0.309 e. The van der Waals surface area contributed by atoms with Gasteiger partial charge in [-0.15, -0.1) is 0 Å². The molecule has 0 bridgehead atoms. The maximum Gasteiger partial charge on any atom is 0.309 e. The molecule has 2 rings (SSSR count). The molecule has 0 aliphatic heterocycles. The first-order chi connectivity index (χ1) is 17.7. The third kappa shape index (κ3) is 8.77. The summed E-state index contributed by atoms with van der Waals surface area (Å²) in [7, 11) is 1.42. The molecule has 3 atom stereocenters. The largest absolute Gasteiger partial charge is 0.493 e. The Hall–Kier alpha value is -3.62. The van der Waals surface area contributed by atoms with Crippen LogP contribution >= 0.6 is 0 Å². The number of methoxy groups -OCH3 is 1. The van der Waals surface area contributed by atoms with E-state index in [1.165, 1.54) is 26.3 Å². The summed E-state index contributed by atoms with van der Waals surface area (Å²) in [5.74, 6) is -1.15. The summed E-state index contributed by atoms with van der Waals surface area (Å²) in [4.78, 5) is 41.4. The average Bonchev–Trinajstić information content (AvgIpc) is 2.88. The van der Waals surface area contributed by atoms with Crippen molar-refractivity contribution in [2.75, 3.05) is 13.9 Å². The van der Waals surface area contributed by atoms with E-state index in [1.807, 2.05) is 51.1 Å². The molecule has 0 fully saturated rings. The SMILES string of the molecule is CCC(CC)[C@H](OC(=O)[C@H](C)CC(=O)c1nccc(OC)c1OCOC(C)=O)[C@H](C)Oc1ccccc1. The molecule has 37 heavy (non-hydrogen) atoms. The quantitative estimate of drug-likeness (QED) is 0.183. The number of ketones is 1. The Kier molecular flexibility index (Phi) is 11.9. The molecule has 9 nitrogen and oxygen atoms in total. The topological polar surface area (TPSA) is 110 Å². The van der Waals surface area contributed by atoms with Crippen LogP contribution in [0.25, 0.3) is 0 Å². The van der Waals surface area contributed by atoms with E-state index in [9.17, 15) is 14.4 Å². The number of Topliss-reactive ketones (excluding diaryl/α,β-unsaturated/α-hetero) is 1. The average molecular weight is 516 g/mol. The lowest BCUT2D eigenvalue weighted by molar-refractivity contribution is -0.162. The van der Waals surface area contributed by atoms with E-state index in [-0.39, 0.29) is 35.6 Å². The molecule has 0 saturated carbocycles. The zero-order valence-corrected chi connectivity index (χ0v) is 22.4. The number of aromatic nitrogens is 1. The lowest BCUT2D eigenvalue weighted by atomic mass is 9.92. The van der Waals surface area contributed by atoms with Gasteiger partial charge in [0.2, 0.25) is 6.79 Å². The fourth-order valence-corrected chi connectivity index (χ4v) is 3.92. The lowest BCUT2D eigenvalue weighted by Gasteiger charge is -2.31. The third-order valence-electron chi connectivity index (χ3n) is 6.01. The van der Waals surface area contributed by atoms with E-state index in [0.29, 0.717) is 5.75 Å². The van der Waals surface area contributed by atoms with Crippen LogP contribution in [0.5, 0.6) is 17.2 Å². The maximum absolute atomic E-state index is 13.1. The molecule has 0 unspecified atom stereocenters. The molecule has 202 valence electrons. The third-order valence-corrected chi connectivity index (χ3v) is 6.01. The molecule has 2 aromatic rings. The second-order valence-electron chi connectivity index (χ2n) is 8.73. The second-order valence-corrected chi connectivity index (χ2v) is 8.73. The van der Waals surface area contributed by atoms with Gasteiger partial charge in [0.05, 0.1) is 13.0 Å². The molecule has 9 heteroatoms. The minimum absolute atomic E-state index is 0.0246. The van der Waals surface area contributed by atoms with Gasteiger partial charge in [-0.3, -0.25) is 14.4 Å². The molecular weight excluding hydrogens is 478 g/mol. The Morgan fingerprint density at radius 1 is 1.00 bits per heavy atom. The Morgan fingerprint density at radius 3 is 2.27 bits per heavy atom. The van der Waals surface area contributed by atoms with E-state index in [4.69, 9.17) is 23.7 Å². The Bertz CT molecular complexity index is 1020. The molecular formula is C28H37NO8. The number of rotatable bonds is 15. The number of pyridine rings is 1. The van der Waals surface area contributed by atoms with Gasteiger partial charge in [-0.2, -0.15) is 0 Å². The van der Waals surface area contributed by atoms with Crippen molar-refractivity contribution in [2.24, 2.45) is 11.8 Å². The summed E-state index contributed by atoms with van der Waals surface area (Å²) in [5.41, 5.74) is -0.0246. The summed E-state index contributed by atoms with van der Waals surface area (Å²) in [6.07, 6.45) is 1.98. The van der Waals surface area contributed by atoms with Gasteiger partial charge < -0.3 is 23.7 Å². The Labute approximate surface area is 218 Å². The Balaban J connectivity index is 2.14. The van der Waals surface area contributed by atoms with Crippen LogP contribution in [0.3, 0.4) is 0 Å². The van der Waals surface area contributed by atoms with Gasteiger partial charge >= 0.3 is 11.9 Å². The maximum atomic E-state index is 13.1. The molecule has 0 amide bonds. The predicted molar refractivity (Wildman–Crippen MR) is 137 cm³/mol. The molecule has 0 N–H and O–H groups in total. The number of nitrogens with zero attached hydrogens (tertiary/aromatic N) is 1. The van der Waals surface area contributed by atoms with Gasteiger partial charge in [-0.05, 0) is 37.8 Å². The summed E-state index contributed by atoms with van der Waals surface area (Å²) < 4.78 is 27.5. The molecule has 1 aromatic carbocycles. The Morgan fingerprint density at radius 2 is 1.68 bits per heavy atom. The lowest BCUT2D eigenvalue weighted by Crippen LogP contribution is -2.40. The summed E-state index contributed by atoms with van der Waals surface area (Å²) in [6.45, 7) is 8.43. The van der Waals surface area contributed by atoms with E-state index >= 15 is 0 Å². The van der Waals surface area contributed by atoms with E-state index in [1.54, 1.807) is 6.92 Å². The van der Waals surface area contributed by atoms with Crippen LogP contribution < -0.4 is 14.2 Å². The molecule has 0 spiro atoms. The van der Waals surface area contributed by atoms with Crippen LogP contribution in [0, 0.1) is 11.8 Å². The number of esters is 2. The predicted octanol–water partition coefficient (Wildman–Crippen LogP) is 5.01. The standard InChI is InChI=1S/C28H37NO8/c1-7-21(8-2)26(19(4)36-22-12-10-9-11-13-22)37-28(32)18(3)16-23(31)25-27(35-17-34-20(5)30)24(33-6)14-15-29-25/h9-15,18-19,21,26H,7-8,16-17H2,1-6H3/t18-,19+,26-/m1/s1. The minimum atomic E-state index is -0.748. The normalized spacial score (nSPS) is 13.3. The van der Waals surface area contributed by atoms with Crippen molar-refractivity contribution >= 4 is 17.7 Å². The van der Waals surface area contributed by atoms with Gasteiger partial charge in [0.25, 0.3) is 0 Å². The van der Waals surface area contributed by atoms with Gasteiger partial charge in [0.15, 0.2) is 23.0 Å². The zero-order valence-electron chi connectivity index (χ0n) is 22.4. The van der Waals surface area contributed by atoms with E-state index in [2.05, 4.69) is 4.98 Å². The highest BCUT2D eigenvalue weighted by Crippen LogP contribution is 2.31. The van der Waals surface area contributed by atoms with Gasteiger partial charge in [0.1, 0.15) is 18.0 Å². The molecule has 1 aromatic heterocycles. The van der Waals surface area contributed by atoms with Gasteiger partial charge in [-0.25, -0.2) is 4.98 Å². The van der Waals surface area contributed by atoms with Crippen LogP contribution in [0.2, 0.25) is 0 Å². The molecule has 0 aliphatic rings. The first kappa shape index (κ1) is 29.6. The van der Waals surface area contributed by atoms with Gasteiger partial charge in [0, 0.05) is 25.6 Å². The van der Waals surface area contributed by atoms with Crippen molar-refractivity contribution in [3.8, 4) is 17.2 Å². The first-order valence-corrected chi connectivity index (χ1v) is 12.5. The van der Waals surface area contributed by atoms with Crippen LogP contribution in [-0.2, 0) is 19.1 Å². The number of ether oxygens (including phenoxy) is 5. The van der Waals surface area contributed by atoms with Crippen molar-refractivity contribution in [1.82, 2.24) is 4.98 Å².